The highest BCUT2D eigenvalue weighted by Crippen LogP contribution is 2.37. The monoisotopic (exact) mass is 607 g/mol. The third kappa shape index (κ3) is 8.05. The molecule has 0 aromatic heterocycles. The predicted octanol–water partition coefficient (Wildman–Crippen LogP) is 4.13. The lowest BCUT2D eigenvalue weighted by Gasteiger charge is -2.16. The SMILES string of the molecule is COc1ccc(Br)c(/C=C(/NC(=O)c2ccccc2)C(=O)NCc2ccccc2NC(=O)/C=C/C(=O)O)c1OC. The molecule has 0 aliphatic rings. The van der Waals surface area contributed by atoms with E-state index >= 15 is 0 Å². The van der Waals surface area contributed by atoms with Gasteiger partial charge >= 0.3 is 5.97 Å². The Hall–Kier alpha value is -4.90. The van der Waals surface area contributed by atoms with Crippen molar-refractivity contribution in [2.75, 3.05) is 19.5 Å². The molecule has 40 heavy (non-hydrogen) atoms. The molecule has 3 aromatic carbocycles. The summed E-state index contributed by atoms with van der Waals surface area (Å²) in [4.78, 5) is 49.2. The lowest BCUT2D eigenvalue weighted by molar-refractivity contribution is -0.131. The van der Waals surface area contributed by atoms with E-state index in [1.165, 1.54) is 20.3 Å². The number of anilines is 1. The van der Waals surface area contributed by atoms with Gasteiger partial charge in [0.2, 0.25) is 5.91 Å². The Morgan fingerprint density at radius 3 is 2.27 bits per heavy atom. The van der Waals surface area contributed by atoms with Crippen molar-refractivity contribution in [2.45, 2.75) is 6.54 Å². The van der Waals surface area contributed by atoms with Crippen LogP contribution in [0.15, 0.2) is 89.1 Å². The molecule has 0 radical (unpaired) electrons. The van der Waals surface area contributed by atoms with Crippen LogP contribution in [0.1, 0.15) is 21.5 Å². The summed E-state index contributed by atoms with van der Waals surface area (Å²) >= 11 is 3.46. The van der Waals surface area contributed by atoms with Crippen LogP contribution in [-0.4, -0.2) is 43.0 Å². The Balaban J connectivity index is 1.92. The summed E-state index contributed by atoms with van der Waals surface area (Å²) in [5.74, 6) is -2.25. The summed E-state index contributed by atoms with van der Waals surface area (Å²) in [6, 6.07) is 18.5. The second kappa shape index (κ2) is 14.3. The molecular weight excluding hydrogens is 582 g/mol. The number of hydrogen-bond donors (Lipinski definition) is 4. The molecule has 10 nitrogen and oxygen atoms in total. The second-order valence-corrected chi connectivity index (χ2v) is 8.93. The minimum atomic E-state index is -1.26. The molecule has 11 heteroatoms. The topological polar surface area (TPSA) is 143 Å². The van der Waals surface area contributed by atoms with E-state index < -0.39 is 23.7 Å². The van der Waals surface area contributed by atoms with Crippen LogP contribution in [-0.2, 0) is 20.9 Å². The molecule has 0 fully saturated rings. The molecule has 0 atom stereocenters. The summed E-state index contributed by atoms with van der Waals surface area (Å²) < 4.78 is 11.5. The van der Waals surface area contributed by atoms with E-state index in [1.807, 2.05) is 0 Å². The van der Waals surface area contributed by atoms with E-state index in [2.05, 4.69) is 31.9 Å². The van der Waals surface area contributed by atoms with E-state index in [1.54, 1.807) is 66.7 Å². The van der Waals surface area contributed by atoms with E-state index in [0.717, 1.165) is 12.2 Å². The number of carboxylic acid groups (broad SMARTS) is 1. The smallest absolute Gasteiger partial charge is 0.328 e. The van der Waals surface area contributed by atoms with E-state index in [4.69, 9.17) is 14.6 Å². The van der Waals surface area contributed by atoms with Gasteiger partial charge in [-0.1, -0.05) is 52.3 Å². The molecule has 3 amide bonds. The first-order valence-corrected chi connectivity index (χ1v) is 12.6. The Bertz CT molecular complexity index is 1470. The summed E-state index contributed by atoms with van der Waals surface area (Å²) in [5, 5.41) is 16.7. The predicted molar refractivity (Wildman–Crippen MR) is 153 cm³/mol. The third-order valence-corrected chi connectivity index (χ3v) is 6.13. The van der Waals surface area contributed by atoms with E-state index in [-0.39, 0.29) is 12.2 Å². The Morgan fingerprint density at radius 2 is 1.60 bits per heavy atom. The van der Waals surface area contributed by atoms with Gasteiger partial charge in [0, 0.05) is 40.0 Å². The molecule has 0 heterocycles. The van der Waals surface area contributed by atoms with Crippen molar-refractivity contribution in [1.82, 2.24) is 10.6 Å². The van der Waals surface area contributed by atoms with Gasteiger partial charge in [0.05, 0.1) is 14.2 Å². The molecule has 0 saturated heterocycles. The van der Waals surface area contributed by atoms with Gasteiger partial charge in [0.25, 0.3) is 11.8 Å². The maximum absolute atomic E-state index is 13.4. The van der Waals surface area contributed by atoms with Crippen LogP contribution >= 0.6 is 15.9 Å². The molecule has 0 saturated carbocycles. The molecule has 3 rings (SSSR count). The highest BCUT2D eigenvalue weighted by molar-refractivity contribution is 9.10. The molecule has 3 aromatic rings. The largest absolute Gasteiger partial charge is 0.493 e. The molecule has 0 unspecified atom stereocenters. The third-order valence-electron chi connectivity index (χ3n) is 5.44. The number of methoxy groups -OCH3 is 2. The molecular formula is C29H26BrN3O7. The standard InChI is InChI=1S/C29H26BrN3O7/c1-39-24-13-12-21(30)20(27(24)40-2)16-23(33-28(37)18-8-4-3-5-9-18)29(38)31-17-19-10-6-7-11-22(19)32-25(34)14-15-26(35)36/h3-16H,17H2,1-2H3,(H,31,38)(H,32,34)(H,33,37)(H,35,36)/b15-14+,23-16+. The highest BCUT2D eigenvalue weighted by atomic mass is 79.9. The zero-order valence-corrected chi connectivity index (χ0v) is 23.2. The van der Waals surface area contributed by atoms with Crippen molar-refractivity contribution >= 4 is 51.4 Å². The average Bonchev–Trinajstić information content (AvgIpc) is 2.96. The van der Waals surface area contributed by atoms with E-state index in [9.17, 15) is 19.2 Å². The van der Waals surface area contributed by atoms with Crippen LogP contribution in [0.3, 0.4) is 0 Å². The Labute approximate surface area is 238 Å². The molecule has 0 spiro atoms. The number of para-hydroxylation sites is 1. The number of amides is 3. The molecule has 0 aliphatic carbocycles. The number of carbonyl (C=O) groups is 4. The molecule has 0 bridgehead atoms. The highest BCUT2D eigenvalue weighted by Gasteiger charge is 2.19. The van der Waals surface area contributed by atoms with Crippen molar-refractivity contribution in [1.29, 1.82) is 0 Å². The Morgan fingerprint density at radius 1 is 0.900 bits per heavy atom. The number of carbonyl (C=O) groups excluding carboxylic acids is 3. The minimum Gasteiger partial charge on any atom is -0.493 e. The van der Waals surface area contributed by atoms with Crippen molar-refractivity contribution < 1.29 is 33.8 Å². The van der Waals surface area contributed by atoms with Crippen molar-refractivity contribution in [3.05, 3.63) is 106 Å². The maximum atomic E-state index is 13.4. The second-order valence-electron chi connectivity index (χ2n) is 8.08. The normalized spacial score (nSPS) is 11.0. The van der Waals surface area contributed by atoms with Gasteiger partial charge in [0.15, 0.2) is 11.5 Å². The van der Waals surface area contributed by atoms with Gasteiger partial charge in [-0.2, -0.15) is 0 Å². The van der Waals surface area contributed by atoms with Crippen LogP contribution in [0.25, 0.3) is 6.08 Å². The number of rotatable bonds is 11. The van der Waals surface area contributed by atoms with Crippen LogP contribution in [0.5, 0.6) is 11.5 Å². The fraction of sp³-hybridized carbons (Fsp3) is 0.103. The number of nitrogens with one attached hydrogen (secondary N) is 3. The molecule has 0 aliphatic heterocycles. The molecule has 4 N–H and O–H groups in total. The number of benzene rings is 3. The fourth-order valence-electron chi connectivity index (χ4n) is 3.54. The molecule has 206 valence electrons. The van der Waals surface area contributed by atoms with E-state index in [0.29, 0.717) is 38.3 Å². The van der Waals surface area contributed by atoms with Gasteiger partial charge in [-0.15, -0.1) is 0 Å². The Kier molecular flexibility index (Phi) is 10.6. The van der Waals surface area contributed by atoms with Gasteiger partial charge in [-0.25, -0.2) is 4.79 Å². The summed E-state index contributed by atoms with van der Waals surface area (Å²) in [6.45, 7) is -0.0209. The first-order valence-electron chi connectivity index (χ1n) is 11.8. The number of halogens is 1. The summed E-state index contributed by atoms with van der Waals surface area (Å²) in [7, 11) is 2.94. The average molecular weight is 608 g/mol. The summed E-state index contributed by atoms with van der Waals surface area (Å²) in [5.41, 5.74) is 1.64. The van der Waals surface area contributed by atoms with Gasteiger partial charge in [-0.05, 0) is 42.0 Å². The quantitative estimate of drug-likeness (QED) is 0.240. The lowest BCUT2D eigenvalue weighted by Crippen LogP contribution is -2.34. The van der Waals surface area contributed by atoms with Crippen molar-refractivity contribution in [2.24, 2.45) is 0 Å². The number of ether oxygens (including phenoxy) is 2. The minimum absolute atomic E-state index is 0.0209. The zero-order chi connectivity index (χ0) is 29.1. The van der Waals surface area contributed by atoms with Gasteiger partial charge in [-0.3, -0.25) is 14.4 Å². The first-order chi connectivity index (χ1) is 19.2. The fourth-order valence-corrected chi connectivity index (χ4v) is 3.96. The summed E-state index contributed by atoms with van der Waals surface area (Å²) in [6.07, 6.45) is 3.07. The van der Waals surface area contributed by atoms with Gasteiger partial charge in [0.1, 0.15) is 5.70 Å². The zero-order valence-electron chi connectivity index (χ0n) is 21.6. The number of carboxylic acids is 1. The van der Waals surface area contributed by atoms with Crippen molar-refractivity contribution in [3.63, 3.8) is 0 Å². The number of hydrogen-bond acceptors (Lipinski definition) is 6. The van der Waals surface area contributed by atoms with Crippen molar-refractivity contribution in [3.8, 4) is 11.5 Å². The maximum Gasteiger partial charge on any atom is 0.328 e. The van der Waals surface area contributed by atoms with Crippen LogP contribution in [0.2, 0.25) is 0 Å². The van der Waals surface area contributed by atoms with Crippen LogP contribution < -0.4 is 25.4 Å². The van der Waals surface area contributed by atoms with Crippen LogP contribution in [0.4, 0.5) is 5.69 Å². The lowest BCUT2D eigenvalue weighted by atomic mass is 10.1. The van der Waals surface area contributed by atoms with Gasteiger partial charge < -0.3 is 30.5 Å². The first kappa shape index (κ1) is 29.7. The number of aliphatic carboxylic acids is 1. The van der Waals surface area contributed by atoms with Crippen LogP contribution in [0, 0.1) is 0 Å².